The number of esters is 1. The zero-order chi connectivity index (χ0) is 16.9. The molecule has 0 bridgehead atoms. The van der Waals surface area contributed by atoms with Crippen molar-refractivity contribution in [3.63, 3.8) is 0 Å². The van der Waals surface area contributed by atoms with E-state index in [2.05, 4.69) is 9.97 Å². The molecule has 5 heteroatoms. The molecule has 0 fully saturated rings. The van der Waals surface area contributed by atoms with E-state index in [1.165, 1.54) is 0 Å². The Morgan fingerprint density at radius 2 is 1.96 bits per heavy atom. The molecule has 5 nitrogen and oxygen atoms in total. The number of aromatic nitrogens is 2. The smallest absolute Gasteiger partial charge is 0.311 e. The second-order valence-corrected chi connectivity index (χ2v) is 5.42. The number of hydrogen-bond acceptors (Lipinski definition) is 4. The first-order valence-corrected chi connectivity index (χ1v) is 8.14. The molecule has 0 saturated carbocycles. The molecule has 24 heavy (non-hydrogen) atoms. The molecular weight excluding hydrogens is 304 g/mol. The number of imidazole rings is 1. The van der Waals surface area contributed by atoms with E-state index in [1.54, 1.807) is 6.07 Å². The molecule has 0 aliphatic heterocycles. The number of para-hydroxylation sites is 2. The number of H-pyrrole nitrogens is 1. The number of rotatable bonds is 6. The van der Waals surface area contributed by atoms with Gasteiger partial charge in [0.25, 0.3) is 0 Å². The van der Waals surface area contributed by atoms with E-state index in [0.29, 0.717) is 24.5 Å². The molecule has 0 radical (unpaired) electrons. The Bertz CT molecular complexity index is 822. The van der Waals surface area contributed by atoms with Gasteiger partial charge in [0.2, 0.25) is 0 Å². The summed E-state index contributed by atoms with van der Waals surface area (Å²) >= 11 is 0. The van der Waals surface area contributed by atoms with Gasteiger partial charge in [-0.05, 0) is 43.7 Å². The van der Waals surface area contributed by atoms with E-state index in [9.17, 15) is 4.79 Å². The molecule has 0 atom stereocenters. The minimum absolute atomic E-state index is 0.255. The summed E-state index contributed by atoms with van der Waals surface area (Å²) in [6.07, 6.45) is 1.14. The number of fused-ring (bicyclic) bond motifs is 1. The van der Waals surface area contributed by atoms with Crippen molar-refractivity contribution >= 4 is 17.0 Å². The normalized spacial score (nSPS) is 10.8. The van der Waals surface area contributed by atoms with Crippen LogP contribution in [-0.4, -0.2) is 22.5 Å². The molecule has 0 amide bonds. The van der Waals surface area contributed by atoms with Crippen LogP contribution in [-0.2, 0) is 4.79 Å². The van der Waals surface area contributed by atoms with Crippen molar-refractivity contribution in [2.45, 2.75) is 26.7 Å². The Kier molecular flexibility index (Phi) is 4.79. The van der Waals surface area contributed by atoms with Crippen LogP contribution in [0.5, 0.6) is 11.5 Å². The van der Waals surface area contributed by atoms with Crippen LogP contribution in [0, 0.1) is 0 Å². The molecule has 3 aromatic rings. The Morgan fingerprint density at radius 3 is 2.71 bits per heavy atom. The summed E-state index contributed by atoms with van der Waals surface area (Å²) in [5.41, 5.74) is 2.76. The molecule has 1 heterocycles. The Morgan fingerprint density at radius 1 is 1.12 bits per heavy atom. The van der Waals surface area contributed by atoms with Crippen molar-refractivity contribution in [2.75, 3.05) is 6.61 Å². The predicted molar refractivity (Wildman–Crippen MR) is 93.2 cm³/mol. The lowest BCUT2D eigenvalue weighted by Crippen LogP contribution is -2.08. The molecule has 3 rings (SSSR count). The van der Waals surface area contributed by atoms with Crippen LogP contribution in [0.4, 0.5) is 0 Å². The van der Waals surface area contributed by atoms with E-state index in [4.69, 9.17) is 9.47 Å². The Hall–Kier alpha value is -2.82. The quantitative estimate of drug-likeness (QED) is 0.541. The summed E-state index contributed by atoms with van der Waals surface area (Å²) in [6.45, 7) is 4.32. The molecule has 1 N–H and O–H groups in total. The van der Waals surface area contributed by atoms with Gasteiger partial charge in [0, 0.05) is 12.0 Å². The van der Waals surface area contributed by atoms with Gasteiger partial charge in [0.15, 0.2) is 11.5 Å². The number of ether oxygens (including phenoxy) is 2. The van der Waals surface area contributed by atoms with Crippen LogP contribution in [0.3, 0.4) is 0 Å². The zero-order valence-electron chi connectivity index (χ0n) is 13.8. The number of carbonyl (C=O) groups is 1. The van der Waals surface area contributed by atoms with Crippen molar-refractivity contribution in [3.8, 4) is 22.9 Å². The van der Waals surface area contributed by atoms with Gasteiger partial charge in [0.1, 0.15) is 5.82 Å². The molecule has 124 valence electrons. The fourth-order valence-electron chi connectivity index (χ4n) is 2.48. The molecule has 0 saturated heterocycles. The largest absolute Gasteiger partial charge is 0.490 e. The first-order chi connectivity index (χ1) is 11.7. The Labute approximate surface area is 140 Å². The maximum absolute atomic E-state index is 11.7. The highest BCUT2D eigenvalue weighted by molar-refractivity contribution is 5.80. The average Bonchev–Trinajstić information content (AvgIpc) is 3.01. The van der Waals surface area contributed by atoms with E-state index in [1.807, 2.05) is 50.2 Å². The molecule has 0 aliphatic carbocycles. The van der Waals surface area contributed by atoms with Crippen LogP contribution < -0.4 is 9.47 Å². The van der Waals surface area contributed by atoms with Gasteiger partial charge >= 0.3 is 5.97 Å². The van der Waals surface area contributed by atoms with Crippen molar-refractivity contribution < 1.29 is 14.3 Å². The third-order valence-electron chi connectivity index (χ3n) is 3.58. The highest BCUT2D eigenvalue weighted by Crippen LogP contribution is 2.33. The lowest BCUT2D eigenvalue weighted by Gasteiger charge is -2.11. The number of carbonyl (C=O) groups excluding carboxylic acids is 1. The first kappa shape index (κ1) is 16.1. The molecular formula is C19H20N2O3. The minimum Gasteiger partial charge on any atom is -0.490 e. The van der Waals surface area contributed by atoms with Gasteiger partial charge in [-0.15, -0.1) is 0 Å². The van der Waals surface area contributed by atoms with Crippen molar-refractivity contribution in [3.05, 3.63) is 42.5 Å². The van der Waals surface area contributed by atoms with Crippen molar-refractivity contribution in [2.24, 2.45) is 0 Å². The van der Waals surface area contributed by atoms with Crippen LogP contribution in [0.25, 0.3) is 22.4 Å². The summed E-state index contributed by atoms with van der Waals surface area (Å²) in [5, 5.41) is 0. The topological polar surface area (TPSA) is 64.2 Å². The highest BCUT2D eigenvalue weighted by Gasteiger charge is 2.13. The Balaban J connectivity index is 1.94. The number of nitrogens with one attached hydrogen (secondary N) is 1. The third-order valence-corrected chi connectivity index (χ3v) is 3.58. The van der Waals surface area contributed by atoms with Gasteiger partial charge in [-0.3, -0.25) is 4.79 Å². The van der Waals surface area contributed by atoms with E-state index < -0.39 is 0 Å². The van der Waals surface area contributed by atoms with Gasteiger partial charge in [-0.25, -0.2) is 4.98 Å². The summed E-state index contributed by atoms with van der Waals surface area (Å²) in [7, 11) is 0. The lowest BCUT2D eigenvalue weighted by atomic mass is 10.2. The maximum Gasteiger partial charge on any atom is 0.311 e. The van der Waals surface area contributed by atoms with Gasteiger partial charge in [-0.1, -0.05) is 19.1 Å². The van der Waals surface area contributed by atoms with Crippen molar-refractivity contribution in [1.82, 2.24) is 9.97 Å². The number of hydrogen-bond donors (Lipinski definition) is 1. The van der Waals surface area contributed by atoms with E-state index >= 15 is 0 Å². The molecule has 1 aromatic heterocycles. The van der Waals surface area contributed by atoms with E-state index in [-0.39, 0.29) is 5.97 Å². The fourth-order valence-corrected chi connectivity index (χ4v) is 2.48. The summed E-state index contributed by atoms with van der Waals surface area (Å²) < 4.78 is 11.0. The number of nitrogens with zero attached hydrogens (tertiary/aromatic N) is 1. The SMILES string of the molecule is CCCC(=O)Oc1ccc(-c2nc3ccccc3[nH]2)cc1OCC. The molecule has 0 unspecified atom stereocenters. The molecule has 2 aromatic carbocycles. The van der Waals surface area contributed by atoms with Crippen LogP contribution in [0.15, 0.2) is 42.5 Å². The average molecular weight is 324 g/mol. The summed E-state index contributed by atoms with van der Waals surface area (Å²) in [5.74, 6) is 1.48. The van der Waals surface area contributed by atoms with Crippen LogP contribution in [0.1, 0.15) is 26.7 Å². The number of aromatic amines is 1. The van der Waals surface area contributed by atoms with Gasteiger partial charge in [0.05, 0.1) is 17.6 Å². The summed E-state index contributed by atoms with van der Waals surface area (Å²) in [4.78, 5) is 19.6. The zero-order valence-corrected chi connectivity index (χ0v) is 13.8. The lowest BCUT2D eigenvalue weighted by molar-refractivity contribution is -0.134. The second kappa shape index (κ2) is 7.17. The summed E-state index contributed by atoms with van der Waals surface area (Å²) in [6, 6.07) is 13.3. The van der Waals surface area contributed by atoms with Crippen LogP contribution in [0.2, 0.25) is 0 Å². The first-order valence-electron chi connectivity index (χ1n) is 8.14. The highest BCUT2D eigenvalue weighted by atomic mass is 16.6. The predicted octanol–water partition coefficient (Wildman–Crippen LogP) is 4.33. The van der Waals surface area contributed by atoms with Crippen molar-refractivity contribution in [1.29, 1.82) is 0 Å². The third kappa shape index (κ3) is 3.40. The molecule has 0 spiro atoms. The minimum atomic E-state index is -0.255. The second-order valence-electron chi connectivity index (χ2n) is 5.42. The molecule has 0 aliphatic rings. The van der Waals surface area contributed by atoms with Gasteiger partial charge in [-0.2, -0.15) is 0 Å². The standard InChI is InChI=1S/C19H20N2O3/c1-3-7-18(22)24-16-11-10-13(12-17(16)23-4-2)19-20-14-8-5-6-9-15(14)21-19/h5-6,8-12H,3-4,7H2,1-2H3,(H,20,21). The monoisotopic (exact) mass is 324 g/mol. The number of benzene rings is 2. The van der Waals surface area contributed by atoms with E-state index in [0.717, 1.165) is 28.8 Å². The van der Waals surface area contributed by atoms with Gasteiger partial charge < -0.3 is 14.5 Å². The fraction of sp³-hybridized carbons (Fsp3) is 0.263. The van der Waals surface area contributed by atoms with Crippen LogP contribution >= 0.6 is 0 Å². The maximum atomic E-state index is 11.7.